The fraction of sp³-hybridized carbons (Fsp3) is 0.600. The van der Waals surface area contributed by atoms with Gasteiger partial charge >= 0.3 is 5.69 Å². The molecule has 2 aliphatic heterocycles. The molecule has 27 heavy (non-hydrogen) atoms. The monoisotopic (exact) mass is 424 g/mol. The molecule has 2 saturated heterocycles. The number of rotatable bonds is 5. The van der Waals surface area contributed by atoms with Gasteiger partial charge < -0.3 is 10.1 Å². The highest BCUT2D eigenvalue weighted by Gasteiger charge is 2.37. The molecule has 1 aromatic rings. The van der Waals surface area contributed by atoms with Crippen LogP contribution < -0.4 is 10.1 Å². The fourth-order valence-corrected chi connectivity index (χ4v) is 4.99. The third-order valence-corrected chi connectivity index (χ3v) is 6.67. The van der Waals surface area contributed by atoms with Gasteiger partial charge in [-0.15, -0.1) is 12.4 Å². The summed E-state index contributed by atoms with van der Waals surface area (Å²) in [5.41, 5.74) is -0.705. The summed E-state index contributed by atoms with van der Waals surface area (Å²) in [5.74, 6) is -1.65. The van der Waals surface area contributed by atoms with E-state index >= 15 is 0 Å². The average Bonchev–Trinajstić information content (AvgIpc) is 3.12. The number of sulfonamides is 1. The summed E-state index contributed by atoms with van der Waals surface area (Å²) in [4.78, 5) is 12.1. The third kappa shape index (κ3) is 4.32. The smallest absolute Gasteiger partial charge is 0.315 e. The molecule has 0 saturated carbocycles. The molecule has 1 unspecified atom stereocenters. The number of hydrogen-bond donors (Lipinski definition) is 1. The largest absolute Gasteiger partial charge is 0.488 e. The first kappa shape index (κ1) is 21.8. The topological polar surface area (TPSA) is 105 Å². The molecule has 0 aliphatic carbocycles. The zero-order chi connectivity index (χ0) is 18.9. The number of nitrogens with zero attached hydrogens (tertiary/aromatic N) is 3. The first-order chi connectivity index (χ1) is 12.3. The van der Waals surface area contributed by atoms with Crippen molar-refractivity contribution in [3.05, 3.63) is 28.1 Å². The summed E-state index contributed by atoms with van der Waals surface area (Å²) >= 11 is 0. The van der Waals surface area contributed by atoms with Gasteiger partial charge in [0.25, 0.3) is 0 Å². The van der Waals surface area contributed by atoms with Gasteiger partial charge in [0.2, 0.25) is 15.8 Å². The Morgan fingerprint density at radius 1 is 1.30 bits per heavy atom. The quantitative estimate of drug-likeness (QED) is 0.551. The summed E-state index contributed by atoms with van der Waals surface area (Å²) < 4.78 is 45.8. The van der Waals surface area contributed by atoms with Crippen LogP contribution in [0.3, 0.4) is 0 Å². The second-order valence-electron chi connectivity index (χ2n) is 6.31. The van der Waals surface area contributed by atoms with Crippen molar-refractivity contribution in [2.24, 2.45) is 0 Å². The van der Waals surface area contributed by atoms with Crippen LogP contribution in [0.2, 0.25) is 0 Å². The Morgan fingerprint density at radius 2 is 1.96 bits per heavy atom. The number of ether oxygens (including phenoxy) is 1. The number of halogens is 2. The lowest BCUT2D eigenvalue weighted by molar-refractivity contribution is -0.386. The number of nitrogens with one attached hydrogen (secondary N) is 1. The van der Waals surface area contributed by atoms with Crippen molar-refractivity contribution in [2.75, 3.05) is 46.4 Å². The van der Waals surface area contributed by atoms with E-state index in [1.54, 1.807) is 0 Å². The number of hydrogen-bond acceptors (Lipinski definition) is 7. The summed E-state index contributed by atoms with van der Waals surface area (Å²) in [6, 6.07) is 1.74. The van der Waals surface area contributed by atoms with Gasteiger partial charge in [-0.2, -0.15) is 4.31 Å². The van der Waals surface area contributed by atoms with E-state index in [-0.39, 0.29) is 18.4 Å². The van der Waals surface area contributed by atoms with Crippen molar-refractivity contribution in [1.29, 1.82) is 0 Å². The van der Waals surface area contributed by atoms with Crippen LogP contribution in [0.1, 0.15) is 6.42 Å². The lowest BCUT2D eigenvalue weighted by atomic mass is 10.2. The standard InChI is InChI=1S/C15H21FN4O5S.ClH/c1-25-15-13(16)8-12(9-14(15)20(21)22)26(23,24)19-5-2-11(10-19)18-6-3-17-4-7-18;/h8-9,11,17H,2-7,10H2,1H3;1H. The molecule has 2 heterocycles. The van der Waals surface area contributed by atoms with E-state index in [2.05, 4.69) is 15.0 Å². The maximum absolute atomic E-state index is 14.1. The second kappa shape index (κ2) is 8.65. The molecule has 0 radical (unpaired) electrons. The predicted molar refractivity (Wildman–Crippen MR) is 98.5 cm³/mol. The molecular weight excluding hydrogens is 403 g/mol. The molecule has 2 aliphatic rings. The molecule has 1 N–H and O–H groups in total. The average molecular weight is 425 g/mol. The molecular formula is C15H22ClFN4O5S. The van der Waals surface area contributed by atoms with Crippen molar-refractivity contribution in [2.45, 2.75) is 17.4 Å². The molecule has 2 fully saturated rings. The molecule has 0 bridgehead atoms. The molecule has 0 aromatic heterocycles. The van der Waals surface area contributed by atoms with Gasteiger partial charge in [-0.25, -0.2) is 12.8 Å². The van der Waals surface area contributed by atoms with Crippen LogP contribution in [0.15, 0.2) is 17.0 Å². The summed E-state index contributed by atoms with van der Waals surface area (Å²) in [6.07, 6.45) is 0.681. The summed E-state index contributed by atoms with van der Waals surface area (Å²) in [6.45, 7) is 4.02. The second-order valence-corrected chi connectivity index (χ2v) is 8.24. The summed E-state index contributed by atoms with van der Waals surface area (Å²) in [7, 11) is -2.93. The van der Waals surface area contributed by atoms with Crippen LogP contribution in [0.4, 0.5) is 10.1 Å². The van der Waals surface area contributed by atoms with Gasteiger partial charge in [-0.05, 0) is 12.5 Å². The zero-order valence-corrected chi connectivity index (χ0v) is 16.4. The lowest BCUT2D eigenvalue weighted by Crippen LogP contribution is -2.49. The van der Waals surface area contributed by atoms with Crippen molar-refractivity contribution in [3.63, 3.8) is 0 Å². The number of methoxy groups -OCH3 is 1. The molecule has 1 atom stereocenters. The van der Waals surface area contributed by atoms with Crippen LogP contribution in [0, 0.1) is 15.9 Å². The van der Waals surface area contributed by atoms with Crippen LogP contribution in [-0.2, 0) is 10.0 Å². The highest BCUT2D eigenvalue weighted by molar-refractivity contribution is 7.89. The zero-order valence-electron chi connectivity index (χ0n) is 14.8. The highest BCUT2D eigenvalue weighted by Crippen LogP contribution is 2.34. The van der Waals surface area contributed by atoms with E-state index in [1.807, 2.05) is 0 Å². The maximum atomic E-state index is 14.1. The van der Waals surface area contributed by atoms with E-state index in [9.17, 15) is 22.9 Å². The minimum Gasteiger partial charge on any atom is -0.488 e. The van der Waals surface area contributed by atoms with E-state index < -0.39 is 37.1 Å². The van der Waals surface area contributed by atoms with Gasteiger partial charge in [0.05, 0.1) is 16.9 Å². The molecule has 12 heteroatoms. The van der Waals surface area contributed by atoms with E-state index in [0.29, 0.717) is 19.5 Å². The number of benzene rings is 1. The summed E-state index contributed by atoms with van der Waals surface area (Å²) in [5, 5.41) is 14.4. The van der Waals surface area contributed by atoms with Gasteiger partial charge in [0, 0.05) is 51.4 Å². The Morgan fingerprint density at radius 3 is 2.56 bits per heavy atom. The first-order valence-electron chi connectivity index (χ1n) is 8.31. The molecule has 0 spiro atoms. The van der Waals surface area contributed by atoms with Gasteiger partial charge in [-0.1, -0.05) is 0 Å². The number of piperazine rings is 1. The molecule has 9 nitrogen and oxygen atoms in total. The Bertz CT molecular complexity index is 804. The van der Waals surface area contributed by atoms with E-state index in [0.717, 1.165) is 45.4 Å². The van der Waals surface area contributed by atoms with Gasteiger partial charge in [0.1, 0.15) is 0 Å². The Balaban J connectivity index is 0.00000261. The lowest BCUT2D eigenvalue weighted by Gasteiger charge is -2.32. The Labute approximate surface area is 163 Å². The van der Waals surface area contributed by atoms with Crippen molar-refractivity contribution >= 4 is 28.1 Å². The van der Waals surface area contributed by atoms with Gasteiger partial charge in [0.15, 0.2) is 5.82 Å². The minimum absolute atomic E-state index is 0. The molecule has 152 valence electrons. The fourth-order valence-electron chi connectivity index (χ4n) is 3.46. The third-order valence-electron chi connectivity index (χ3n) is 4.83. The molecule has 3 rings (SSSR count). The number of nitro groups is 1. The van der Waals surface area contributed by atoms with Crippen molar-refractivity contribution < 1.29 is 22.5 Å². The molecule has 1 aromatic carbocycles. The SMILES string of the molecule is COc1c(F)cc(S(=O)(=O)N2CCC(N3CCNCC3)C2)cc1[N+](=O)[O-].Cl. The van der Waals surface area contributed by atoms with Gasteiger partial charge in [-0.3, -0.25) is 15.0 Å². The minimum atomic E-state index is -4.02. The van der Waals surface area contributed by atoms with E-state index in [1.165, 1.54) is 4.31 Å². The number of nitro benzene ring substituents is 1. The van der Waals surface area contributed by atoms with Crippen LogP contribution in [0.25, 0.3) is 0 Å². The Kier molecular flexibility index (Phi) is 6.98. The van der Waals surface area contributed by atoms with Crippen LogP contribution in [-0.4, -0.2) is 75.0 Å². The first-order valence-corrected chi connectivity index (χ1v) is 9.75. The van der Waals surface area contributed by atoms with Crippen LogP contribution in [0.5, 0.6) is 5.75 Å². The molecule has 0 amide bonds. The normalized spacial score (nSPS) is 21.6. The van der Waals surface area contributed by atoms with Crippen molar-refractivity contribution in [3.8, 4) is 5.75 Å². The van der Waals surface area contributed by atoms with Crippen molar-refractivity contribution in [1.82, 2.24) is 14.5 Å². The predicted octanol–water partition coefficient (Wildman–Crippen LogP) is 0.833. The Hall–Kier alpha value is -1.53. The highest BCUT2D eigenvalue weighted by atomic mass is 35.5. The van der Waals surface area contributed by atoms with Crippen LogP contribution >= 0.6 is 12.4 Å². The van der Waals surface area contributed by atoms with E-state index in [4.69, 9.17) is 0 Å². The maximum Gasteiger partial charge on any atom is 0.315 e.